The molecule has 3 nitrogen and oxygen atoms in total. The van der Waals surface area contributed by atoms with Crippen molar-refractivity contribution in [2.24, 2.45) is 0 Å². The minimum absolute atomic E-state index is 0. The standard InChI is InChI=1S/C10H8N2OS.Na/c13-9-6-8(11-10(14)12-9)7-4-2-1-3-5-7;/h1-6H,(H2,11,12,13,14);/q;+1/p-1. The monoisotopic (exact) mass is 226 g/mol. The van der Waals surface area contributed by atoms with Crippen LogP contribution in [-0.4, -0.2) is 9.97 Å². The van der Waals surface area contributed by atoms with Gasteiger partial charge < -0.3 is 17.6 Å². The number of aromatic amines is 1. The van der Waals surface area contributed by atoms with Crippen molar-refractivity contribution in [1.82, 2.24) is 9.97 Å². The number of hydrogen-bond donors (Lipinski definition) is 1. The Morgan fingerprint density at radius 3 is 2.47 bits per heavy atom. The van der Waals surface area contributed by atoms with E-state index in [1.165, 1.54) is 6.07 Å². The second-order valence-corrected chi connectivity index (χ2v) is 3.19. The number of rotatable bonds is 1. The summed E-state index contributed by atoms with van der Waals surface area (Å²) in [5, 5.41) is 0.219. The molecule has 0 unspecified atom stereocenters. The first kappa shape index (κ1) is 12.4. The van der Waals surface area contributed by atoms with Crippen molar-refractivity contribution in [1.29, 1.82) is 0 Å². The van der Waals surface area contributed by atoms with Gasteiger partial charge in [0, 0.05) is 11.6 Å². The molecule has 0 spiro atoms. The van der Waals surface area contributed by atoms with Crippen molar-refractivity contribution in [2.75, 3.05) is 0 Å². The average molecular weight is 226 g/mol. The fourth-order valence-corrected chi connectivity index (χ4v) is 1.39. The van der Waals surface area contributed by atoms with Gasteiger partial charge in [-0.3, -0.25) is 9.78 Å². The van der Waals surface area contributed by atoms with Crippen LogP contribution in [0, 0.1) is 0 Å². The number of benzene rings is 1. The maximum absolute atomic E-state index is 11.1. The number of hydrogen-bond acceptors (Lipinski definition) is 3. The molecule has 0 bridgehead atoms. The molecular weight excluding hydrogens is 219 g/mol. The summed E-state index contributed by atoms with van der Waals surface area (Å²) in [4.78, 5) is 17.6. The molecule has 2 aromatic rings. The molecular formula is C10H7N2NaOS. The van der Waals surface area contributed by atoms with E-state index in [4.69, 9.17) is 12.6 Å². The van der Waals surface area contributed by atoms with Crippen LogP contribution >= 0.6 is 0 Å². The molecule has 0 aliphatic heterocycles. The van der Waals surface area contributed by atoms with E-state index in [1.54, 1.807) is 0 Å². The van der Waals surface area contributed by atoms with Gasteiger partial charge in [-0.05, 0) is 5.16 Å². The van der Waals surface area contributed by atoms with Crippen LogP contribution in [-0.2, 0) is 12.6 Å². The number of H-pyrrole nitrogens is 1. The Morgan fingerprint density at radius 1 is 1.20 bits per heavy atom. The van der Waals surface area contributed by atoms with Crippen LogP contribution in [0.1, 0.15) is 0 Å². The van der Waals surface area contributed by atoms with E-state index in [2.05, 4.69) is 9.97 Å². The third kappa shape index (κ3) is 3.14. The van der Waals surface area contributed by atoms with Crippen molar-refractivity contribution < 1.29 is 29.6 Å². The Bertz CT molecular complexity index is 498. The van der Waals surface area contributed by atoms with Gasteiger partial charge in [-0.2, -0.15) is 0 Å². The molecule has 0 saturated carbocycles. The van der Waals surface area contributed by atoms with Crippen molar-refractivity contribution in [2.45, 2.75) is 5.16 Å². The first-order chi connectivity index (χ1) is 6.75. The second kappa shape index (κ2) is 5.42. The molecule has 0 aliphatic carbocycles. The Hall–Kier alpha value is -0.680. The largest absolute Gasteiger partial charge is 1.00 e. The van der Waals surface area contributed by atoms with Gasteiger partial charge in [0.15, 0.2) is 0 Å². The third-order valence-corrected chi connectivity index (χ3v) is 1.98. The Kier molecular flexibility index (Phi) is 4.47. The van der Waals surface area contributed by atoms with Crippen LogP contribution in [0.15, 0.2) is 46.3 Å². The topological polar surface area (TPSA) is 45.8 Å². The summed E-state index contributed by atoms with van der Waals surface area (Å²) >= 11 is 4.82. The zero-order chi connectivity index (χ0) is 9.97. The molecule has 0 fully saturated rings. The zero-order valence-electron chi connectivity index (χ0n) is 8.23. The summed E-state index contributed by atoms with van der Waals surface area (Å²) in [6, 6.07) is 10.9. The van der Waals surface area contributed by atoms with E-state index in [1.807, 2.05) is 30.3 Å². The van der Waals surface area contributed by atoms with Gasteiger partial charge in [0.2, 0.25) is 5.56 Å². The summed E-state index contributed by atoms with van der Waals surface area (Å²) in [5.41, 5.74) is 1.29. The van der Waals surface area contributed by atoms with Gasteiger partial charge in [-0.1, -0.05) is 30.3 Å². The maximum atomic E-state index is 11.1. The smallest absolute Gasteiger partial charge is 0.742 e. The first-order valence-corrected chi connectivity index (χ1v) is 4.50. The molecule has 5 heteroatoms. The van der Waals surface area contributed by atoms with E-state index in [-0.39, 0.29) is 40.3 Å². The SMILES string of the molecule is O=c1cc(-c2ccccc2)nc([S-])[nH]1.[Na+]. The van der Waals surface area contributed by atoms with E-state index in [0.29, 0.717) is 5.69 Å². The maximum Gasteiger partial charge on any atom is 1.00 e. The van der Waals surface area contributed by atoms with Crippen molar-refractivity contribution in [3.8, 4) is 11.3 Å². The van der Waals surface area contributed by atoms with Gasteiger partial charge in [0.05, 0.1) is 5.69 Å². The Morgan fingerprint density at radius 2 is 1.87 bits per heavy atom. The van der Waals surface area contributed by atoms with Crippen LogP contribution in [0.25, 0.3) is 11.3 Å². The molecule has 1 heterocycles. The Labute approximate surface area is 115 Å². The van der Waals surface area contributed by atoms with Crippen molar-refractivity contribution in [3.05, 3.63) is 46.8 Å². The van der Waals surface area contributed by atoms with Crippen LogP contribution in [0.5, 0.6) is 0 Å². The fourth-order valence-electron chi connectivity index (χ4n) is 1.19. The van der Waals surface area contributed by atoms with Gasteiger partial charge in [0.1, 0.15) is 0 Å². The quantitative estimate of drug-likeness (QED) is 0.360. The van der Waals surface area contributed by atoms with Crippen LogP contribution in [0.2, 0.25) is 0 Å². The summed E-state index contributed by atoms with van der Waals surface area (Å²) in [7, 11) is 0. The fraction of sp³-hybridized carbons (Fsp3) is 0. The minimum atomic E-state index is -0.219. The summed E-state index contributed by atoms with van der Waals surface area (Å²) < 4.78 is 0. The minimum Gasteiger partial charge on any atom is -0.742 e. The Balaban J connectivity index is 0.00000112. The molecule has 70 valence electrons. The van der Waals surface area contributed by atoms with E-state index in [9.17, 15) is 4.79 Å². The molecule has 0 amide bonds. The molecule has 1 N–H and O–H groups in total. The van der Waals surface area contributed by atoms with Crippen molar-refractivity contribution >= 4 is 12.6 Å². The van der Waals surface area contributed by atoms with E-state index < -0.39 is 0 Å². The van der Waals surface area contributed by atoms with Crippen LogP contribution in [0.3, 0.4) is 0 Å². The van der Waals surface area contributed by atoms with E-state index in [0.717, 1.165) is 5.56 Å². The van der Waals surface area contributed by atoms with Gasteiger partial charge in [0.25, 0.3) is 0 Å². The first-order valence-electron chi connectivity index (χ1n) is 4.09. The molecule has 0 aliphatic rings. The zero-order valence-corrected chi connectivity index (χ0v) is 11.0. The normalized spacial score (nSPS) is 9.33. The number of nitrogens with zero attached hydrogens (tertiary/aromatic N) is 1. The summed E-state index contributed by atoms with van der Waals surface area (Å²) in [6.07, 6.45) is 0. The molecule has 0 radical (unpaired) electrons. The molecule has 15 heavy (non-hydrogen) atoms. The molecule has 0 saturated heterocycles. The predicted octanol–water partition coefficient (Wildman–Crippen LogP) is -1.65. The number of aromatic nitrogens is 2. The van der Waals surface area contributed by atoms with Gasteiger partial charge in [-0.15, -0.1) is 0 Å². The van der Waals surface area contributed by atoms with Crippen LogP contribution < -0.4 is 35.1 Å². The number of nitrogens with one attached hydrogen (secondary N) is 1. The van der Waals surface area contributed by atoms with Gasteiger partial charge >= 0.3 is 29.6 Å². The molecule has 0 atom stereocenters. The summed E-state index contributed by atoms with van der Waals surface area (Å²) in [5.74, 6) is 0. The molecule has 2 rings (SSSR count). The predicted molar refractivity (Wildman–Crippen MR) is 55.9 cm³/mol. The van der Waals surface area contributed by atoms with Crippen LogP contribution in [0.4, 0.5) is 0 Å². The van der Waals surface area contributed by atoms with Gasteiger partial charge in [-0.25, -0.2) is 0 Å². The molecule has 1 aromatic heterocycles. The molecule has 1 aromatic carbocycles. The van der Waals surface area contributed by atoms with E-state index >= 15 is 0 Å². The third-order valence-electron chi connectivity index (χ3n) is 1.79. The average Bonchev–Trinajstić information content (AvgIpc) is 2.18. The second-order valence-electron chi connectivity index (χ2n) is 2.80. The van der Waals surface area contributed by atoms with Crippen molar-refractivity contribution in [3.63, 3.8) is 0 Å². The summed E-state index contributed by atoms with van der Waals surface area (Å²) in [6.45, 7) is 0.